The molecule has 0 saturated carbocycles. The van der Waals surface area contributed by atoms with Crippen LogP contribution in [0.15, 0.2) is 42.7 Å². The number of hydrogen-bond acceptors (Lipinski definition) is 8. The number of pyridine rings is 1. The average Bonchev–Trinajstić information content (AvgIpc) is 3.24. The first kappa shape index (κ1) is 26.3. The molecule has 4 heterocycles. The van der Waals surface area contributed by atoms with Crippen molar-refractivity contribution in [3.63, 3.8) is 0 Å². The van der Waals surface area contributed by atoms with E-state index in [2.05, 4.69) is 35.6 Å². The van der Waals surface area contributed by atoms with E-state index in [1.165, 1.54) is 12.1 Å². The number of alkyl halides is 3. The second kappa shape index (κ2) is 10.5. The van der Waals surface area contributed by atoms with Crippen LogP contribution in [-0.4, -0.2) is 73.8 Å². The van der Waals surface area contributed by atoms with Crippen molar-refractivity contribution in [1.29, 1.82) is 0 Å². The molecule has 1 fully saturated rings. The van der Waals surface area contributed by atoms with E-state index in [-0.39, 0.29) is 29.6 Å². The van der Waals surface area contributed by atoms with Crippen molar-refractivity contribution in [3.8, 4) is 11.3 Å². The zero-order valence-corrected chi connectivity index (χ0v) is 21.3. The molecule has 5 rings (SSSR count). The Balaban J connectivity index is 1.29. The van der Waals surface area contributed by atoms with Gasteiger partial charge in [-0.3, -0.25) is 14.9 Å². The number of aromatic nitrogens is 5. The number of nitrogens with one attached hydrogen (secondary N) is 2. The highest BCUT2D eigenvalue weighted by atomic mass is 19.4. The first-order valence-electron chi connectivity index (χ1n) is 12.2. The van der Waals surface area contributed by atoms with Crippen LogP contribution in [0.3, 0.4) is 0 Å². The van der Waals surface area contributed by atoms with Gasteiger partial charge in [0.2, 0.25) is 5.95 Å². The Kier molecular flexibility index (Phi) is 7.06. The topological polar surface area (TPSA) is 130 Å². The van der Waals surface area contributed by atoms with Crippen LogP contribution in [0, 0.1) is 0 Å². The normalized spacial score (nSPS) is 15.0. The molecule has 0 aliphatic carbocycles. The molecule has 4 N–H and O–H groups in total. The summed E-state index contributed by atoms with van der Waals surface area (Å²) in [5.74, 6) is 0.328. The number of nitrogen functional groups attached to an aromatic ring is 1. The minimum atomic E-state index is -4.56. The lowest BCUT2D eigenvalue weighted by Gasteiger charge is -2.33. The minimum Gasteiger partial charge on any atom is -0.368 e. The number of likely N-dealkylation sites (N-methyl/N-ethyl adjacent to an activating group) is 1. The summed E-state index contributed by atoms with van der Waals surface area (Å²) >= 11 is 0. The number of piperazine rings is 1. The second-order valence-electron chi connectivity index (χ2n) is 9.43. The molecule has 4 aromatic rings. The third kappa shape index (κ3) is 6.07. The van der Waals surface area contributed by atoms with Gasteiger partial charge < -0.3 is 16.0 Å². The van der Waals surface area contributed by atoms with E-state index >= 15 is 0 Å². The number of carbonyl (C=O) groups is 1. The van der Waals surface area contributed by atoms with Crippen molar-refractivity contribution >= 4 is 34.5 Å². The Morgan fingerprint density at radius 2 is 1.79 bits per heavy atom. The first-order valence-corrected chi connectivity index (χ1v) is 12.2. The molecular formula is C25H27F3N10O. The zero-order valence-electron chi connectivity index (χ0n) is 21.3. The van der Waals surface area contributed by atoms with Crippen LogP contribution in [0.25, 0.3) is 22.3 Å². The average molecular weight is 541 g/mol. The van der Waals surface area contributed by atoms with Gasteiger partial charge in [-0.1, -0.05) is 6.07 Å². The predicted octanol–water partition coefficient (Wildman–Crippen LogP) is 3.42. The van der Waals surface area contributed by atoms with Gasteiger partial charge >= 0.3 is 12.2 Å². The summed E-state index contributed by atoms with van der Waals surface area (Å²) in [7, 11) is 3.68. The highest BCUT2D eigenvalue weighted by Gasteiger charge is 2.34. The summed E-state index contributed by atoms with van der Waals surface area (Å²) in [6.07, 6.45) is -1.41. The highest BCUT2D eigenvalue weighted by Crippen LogP contribution is 2.34. The first-order chi connectivity index (χ1) is 18.5. The SMILES string of the molecule is CN1CCN(Cc2ccc(NC(=O)Nc3cc(-c4cnc5nc(N)ncc5c4)n(C)n3)cc2C(F)(F)F)CC1. The maximum Gasteiger partial charge on any atom is 0.416 e. The molecule has 1 aromatic carbocycles. The number of aryl methyl sites for hydroxylation is 1. The van der Waals surface area contributed by atoms with Gasteiger partial charge in [0.25, 0.3) is 0 Å². The van der Waals surface area contributed by atoms with Gasteiger partial charge in [-0.05, 0) is 30.8 Å². The summed E-state index contributed by atoms with van der Waals surface area (Å²) in [6, 6.07) is 6.57. The summed E-state index contributed by atoms with van der Waals surface area (Å²) < 4.78 is 43.1. The maximum absolute atomic E-state index is 13.9. The molecule has 3 aromatic heterocycles. The molecule has 2 amide bonds. The minimum absolute atomic E-state index is 0.0242. The fourth-order valence-electron chi connectivity index (χ4n) is 4.46. The zero-order chi connectivity index (χ0) is 27.7. The lowest BCUT2D eigenvalue weighted by Crippen LogP contribution is -2.44. The van der Waals surface area contributed by atoms with Crippen LogP contribution in [0.5, 0.6) is 0 Å². The number of rotatable bonds is 5. The van der Waals surface area contributed by atoms with Crippen LogP contribution in [0.2, 0.25) is 0 Å². The summed E-state index contributed by atoms with van der Waals surface area (Å²) in [5, 5.41) is 10.0. The van der Waals surface area contributed by atoms with Crippen LogP contribution in [-0.2, 0) is 19.8 Å². The summed E-state index contributed by atoms with van der Waals surface area (Å²) in [5.41, 5.74) is 6.81. The Morgan fingerprint density at radius 3 is 2.54 bits per heavy atom. The van der Waals surface area contributed by atoms with Crippen molar-refractivity contribution in [1.82, 2.24) is 34.5 Å². The van der Waals surface area contributed by atoms with Crippen LogP contribution in [0.1, 0.15) is 11.1 Å². The lowest BCUT2D eigenvalue weighted by atomic mass is 10.0. The third-order valence-corrected chi connectivity index (χ3v) is 6.53. The molecular weight excluding hydrogens is 513 g/mol. The molecule has 14 heteroatoms. The number of benzene rings is 1. The number of nitrogens with zero attached hydrogens (tertiary/aromatic N) is 7. The Morgan fingerprint density at radius 1 is 1.03 bits per heavy atom. The fourth-order valence-corrected chi connectivity index (χ4v) is 4.46. The van der Waals surface area contributed by atoms with Gasteiger partial charge in [0.15, 0.2) is 11.5 Å². The molecule has 0 radical (unpaired) electrons. The molecule has 0 spiro atoms. The largest absolute Gasteiger partial charge is 0.416 e. The number of fused-ring (bicyclic) bond motifs is 1. The van der Waals surface area contributed by atoms with Crippen molar-refractivity contribution < 1.29 is 18.0 Å². The smallest absolute Gasteiger partial charge is 0.368 e. The number of urea groups is 1. The van der Waals surface area contributed by atoms with E-state index < -0.39 is 17.8 Å². The molecule has 0 unspecified atom stereocenters. The molecule has 0 atom stereocenters. The van der Waals surface area contributed by atoms with E-state index in [9.17, 15) is 18.0 Å². The lowest BCUT2D eigenvalue weighted by molar-refractivity contribution is -0.138. The van der Waals surface area contributed by atoms with Gasteiger partial charge in [-0.15, -0.1) is 0 Å². The maximum atomic E-state index is 13.9. The fraction of sp³-hybridized carbons (Fsp3) is 0.320. The van der Waals surface area contributed by atoms with Crippen LogP contribution >= 0.6 is 0 Å². The van der Waals surface area contributed by atoms with E-state index in [1.54, 1.807) is 30.2 Å². The van der Waals surface area contributed by atoms with Crippen LogP contribution in [0.4, 0.5) is 35.4 Å². The number of anilines is 3. The molecule has 204 valence electrons. The third-order valence-electron chi connectivity index (χ3n) is 6.53. The Bertz CT molecular complexity index is 1510. The molecule has 0 bridgehead atoms. The van der Waals surface area contributed by atoms with E-state index in [1.807, 2.05) is 18.0 Å². The number of hydrogen-bond donors (Lipinski definition) is 3. The monoisotopic (exact) mass is 540 g/mol. The summed E-state index contributed by atoms with van der Waals surface area (Å²) in [6.45, 7) is 3.18. The Labute approximate surface area is 221 Å². The number of nitrogens with two attached hydrogens (primary N) is 1. The molecule has 1 aliphatic rings. The van der Waals surface area contributed by atoms with Crippen molar-refractivity contribution in [2.45, 2.75) is 12.7 Å². The highest BCUT2D eigenvalue weighted by molar-refractivity contribution is 5.99. The molecule has 39 heavy (non-hydrogen) atoms. The van der Waals surface area contributed by atoms with Gasteiger partial charge in [0, 0.05) is 74.9 Å². The van der Waals surface area contributed by atoms with Gasteiger partial charge in [-0.25, -0.2) is 14.8 Å². The van der Waals surface area contributed by atoms with Crippen molar-refractivity contribution in [2.24, 2.45) is 7.05 Å². The van der Waals surface area contributed by atoms with Gasteiger partial charge in [0.1, 0.15) is 0 Å². The van der Waals surface area contributed by atoms with Crippen molar-refractivity contribution in [2.75, 3.05) is 49.6 Å². The summed E-state index contributed by atoms with van der Waals surface area (Å²) in [4.78, 5) is 29.1. The molecule has 1 aliphatic heterocycles. The second-order valence-corrected chi connectivity index (χ2v) is 9.43. The van der Waals surface area contributed by atoms with Crippen molar-refractivity contribution in [3.05, 3.63) is 53.9 Å². The Hall–Kier alpha value is -4.30. The van der Waals surface area contributed by atoms with E-state index in [0.29, 0.717) is 35.4 Å². The van der Waals surface area contributed by atoms with E-state index in [0.717, 1.165) is 19.2 Å². The molecule has 11 nitrogen and oxygen atoms in total. The molecule has 1 saturated heterocycles. The number of halogens is 3. The number of amides is 2. The van der Waals surface area contributed by atoms with Gasteiger partial charge in [0.05, 0.1) is 11.3 Å². The number of carbonyl (C=O) groups excluding carboxylic acids is 1. The van der Waals surface area contributed by atoms with E-state index in [4.69, 9.17) is 5.73 Å². The van der Waals surface area contributed by atoms with Gasteiger partial charge in [-0.2, -0.15) is 23.3 Å². The quantitative estimate of drug-likeness (QED) is 0.351. The standard InChI is InChI=1S/C25H27F3N10O/c1-36-5-7-38(8-6-36)14-15-3-4-18(10-19(15)25(26,27)28)32-24(39)33-21-11-20(37(2)35-21)16-9-17-13-31-23(29)34-22(17)30-12-16/h3-4,9-13H,5-8,14H2,1-2H3,(H2,29,30,31,34)(H2,32,33,35,39). The predicted molar refractivity (Wildman–Crippen MR) is 141 cm³/mol. The van der Waals surface area contributed by atoms with Crippen LogP contribution < -0.4 is 16.4 Å².